The van der Waals surface area contributed by atoms with E-state index in [0.29, 0.717) is 5.69 Å². The molecule has 7 nitrogen and oxygen atoms in total. The number of nitrogens with zero attached hydrogens (tertiary/aromatic N) is 1. The lowest BCUT2D eigenvalue weighted by Crippen LogP contribution is -2.40. The maximum Gasteiger partial charge on any atom is 0.282 e. The van der Waals surface area contributed by atoms with Gasteiger partial charge < -0.3 is 10.7 Å². The highest BCUT2D eigenvalue weighted by Crippen LogP contribution is 2.22. The van der Waals surface area contributed by atoms with Crippen molar-refractivity contribution in [2.75, 3.05) is 5.43 Å². The maximum atomic E-state index is 12.0. The van der Waals surface area contributed by atoms with Gasteiger partial charge in [0.05, 0.1) is 4.92 Å². The lowest BCUT2D eigenvalue weighted by Gasteiger charge is -2.20. The number of nitro groups is 1. The van der Waals surface area contributed by atoms with Crippen LogP contribution in [0.3, 0.4) is 0 Å². The summed E-state index contributed by atoms with van der Waals surface area (Å²) < 4.78 is 0. The molecule has 0 heterocycles. The van der Waals surface area contributed by atoms with Gasteiger partial charge in [0.1, 0.15) is 5.56 Å². The largest absolute Gasteiger partial charge is 0.347 e. The van der Waals surface area contributed by atoms with Gasteiger partial charge in [-0.2, -0.15) is 0 Å². The zero-order valence-electron chi connectivity index (χ0n) is 10.5. The van der Waals surface area contributed by atoms with E-state index in [-0.39, 0.29) is 11.3 Å². The molecule has 0 saturated carbocycles. The van der Waals surface area contributed by atoms with Gasteiger partial charge in [0.25, 0.3) is 11.6 Å². The van der Waals surface area contributed by atoms with Crippen molar-refractivity contribution in [3.63, 3.8) is 0 Å². The zero-order chi connectivity index (χ0) is 13.9. The average molecular weight is 252 g/mol. The number of hydrogen-bond donors (Lipinski definition) is 3. The standard InChI is InChI=1S/C11H16N4O3/c1-11(2,3)13-10(16)8-6-7(14-12)4-5-9(8)15(17)18/h4-6,14H,12H2,1-3H3,(H,13,16). The molecule has 7 heteroatoms. The number of carbonyl (C=O) groups is 1. The van der Waals surface area contributed by atoms with Gasteiger partial charge in [-0.25, -0.2) is 0 Å². The van der Waals surface area contributed by atoms with Gasteiger partial charge >= 0.3 is 0 Å². The molecule has 0 radical (unpaired) electrons. The number of hydrazine groups is 1. The Labute approximate surface area is 104 Å². The summed E-state index contributed by atoms with van der Waals surface area (Å²) in [6.07, 6.45) is 0. The number of nitrogens with one attached hydrogen (secondary N) is 2. The normalized spacial score (nSPS) is 10.9. The summed E-state index contributed by atoms with van der Waals surface area (Å²) in [5.74, 6) is 4.71. The summed E-state index contributed by atoms with van der Waals surface area (Å²) in [6, 6.07) is 4.03. The molecule has 1 amide bonds. The molecule has 0 aliphatic carbocycles. The molecule has 0 unspecified atom stereocenters. The fourth-order valence-corrected chi connectivity index (χ4v) is 1.37. The lowest BCUT2D eigenvalue weighted by atomic mass is 10.1. The van der Waals surface area contributed by atoms with Gasteiger partial charge in [-0.05, 0) is 32.9 Å². The van der Waals surface area contributed by atoms with Crippen LogP contribution in [-0.4, -0.2) is 16.4 Å². The Balaban J connectivity index is 3.19. The van der Waals surface area contributed by atoms with Crippen molar-refractivity contribution < 1.29 is 9.72 Å². The molecule has 0 fully saturated rings. The van der Waals surface area contributed by atoms with E-state index >= 15 is 0 Å². The number of carbonyl (C=O) groups excluding carboxylic acids is 1. The predicted molar refractivity (Wildman–Crippen MR) is 68.1 cm³/mol. The van der Waals surface area contributed by atoms with E-state index in [1.165, 1.54) is 18.2 Å². The summed E-state index contributed by atoms with van der Waals surface area (Å²) in [7, 11) is 0. The molecule has 1 aromatic rings. The summed E-state index contributed by atoms with van der Waals surface area (Å²) >= 11 is 0. The SMILES string of the molecule is CC(C)(C)NC(=O)c1cc(NN)ccc1[N+](=O)[O-]. The molecule has 1 rings (SSSR count). The van der Waals surface area contributed by atoms with Crippen molar-refractivity contribution in [1.82, 2.24) is 5.32 Å². The number of hydrogen-bond acceptors (Lipinski definition) is 5. The van der Waals surface area contributed by atoms with Crippen LogP contribution in [0.4, 0.5) is 11.4 Å². The van der Waals surface area contributed by atoms with E-state index in [4.69, 9.17) is 5.84 Å². The molecule has 18 heavy (non-hydrogen) atoms. The van der Waals surface area contributed by atoms with Crippen LogP contribution >= 0.6 is 0 Å². The van der Waals surface area contributed by atoms with Crippen LogP contribution in [0.5, 0.6) is 0 Å². The van der Waals surface area contributed by atoms with Crippen LogP contribution in [-0.2, 0) is 0 Å². The highest BCUT2D eigenvalue weighted by Gasteiger charge is 2.23. The van der Waals surface area contributed by atoms with Crippen LogP contribution in [0, 0.1) is 10.1 Å². The predicted octanol–water partition coefficient (Wildman–Crippen LogP) is 1.41. The molecule has 0 aliphatic heterocycles. The minimum absolute atomic E-state index is 0.0228. The number of anilines is 1. The van der Waals surface area contributed by atoms with Gasteiger partial charge in [-0.15, -0.1) is 0 Å². The van der Waals surface area contributed by atoms with Crippen LogP contribution in [0.1, 0.15) is 31.1 Å². The molecular formula is C11H16N4O3. The fraction of sp³-hybridized carbons (Fsp3) is 0.364. The molecule has 0 bridgehead atoms. The Bertz CT molecular complexity index is 480. The van der Waals surface area contributed by atoms with Crippen molar-refractivity contribution in [2.24, 2.45) is 5.84 Å². The fourth-order valence-electron chi connectivity index (χ4n) is 1.37. The number of nitrogen functional groups attached to an aromatic ring is 1. The lowest BCUT2D eigenvalue weighted by molar-refractivity contribution is -0.385. The third-order valence-electron chi connectivity index (χ3n) is 2.09. The van der Waals surface area contributed by atoms with E-state index in [1.807, 2.05) is 0 Å². The minimum atomic E-state index is -0.599. The minimum Gasteiger partial charge on any atom is -0.347 e. The van der Waals surface area contributed by atoms with Gasteiger partial charge in [0, 0.05) is 17.3 Å². The number of benzene rings is 1. The molecule has 0 atom stereocenters. The molecule has 0 aliphatic rings. The van der Waals surface area contributed by atoms with Crippen LogP contribution < -0.4 is 16.6 Å². The van der Waals surface area contributed by atoms with Gasteiger partial charge in [-0.3, -0.25) is 20.8 Å². The number of nitro benzene ring substituents is 1. The zero-order valence-corrected chi connectivity index (χ0v) is 10.5. The highest BCUT2D eigenvalue weighted by molar-refractivity contribution is 5.99. The van der Waals surface area contributed by atoms with Crippen molar-refractivity contribution in [2.45, 2.75) is 26.3 Å². The van der Waals surface area contributed by atoms with Crippen LogP contribution in [0.15, 0.2) is 18.2 Å². The summed E-state index contributed by atoms with van der Waals surface area (Å²) in [5, 5.41) is 13.5. The number of amides is 1. The third-order valence-corrected chi connectivity index (χ3v) is 2.09. The average Bonchev–Trinajstić information content (AvgIpc) is 2.25. The molecule has 1 aromatic carbocycles. The second-order valence-electron chi connectivity index (χ2n) is 4.84. The summed E-state index contributed by atoms with van der Waals surface area (Å²) in [5.41, 5.74) is 2.03. The number of rotatable bonds is 3. The van der Waals surface area contributed by atoms with E-state index < -0.39 is 16.4 Å². The van der Waals surface area contributed by atoms with Crippen molar-refractivity contribution in [1.29, 1.82) is 0 Å². The summed E-state index contributed by atoms with van der Waals surface area (Å²) in [6.45, 7) is 5.38. The Morgan fingerprint density at radius 1 is 1.39 bits per heavy atom. The number of nitrogens with two attached hydrogens (primary N) is 1. The molecule has 0 spiro atoms. The van der Waals surface area contributed by atoms with Crippen molar-refractivity contribution in [3.8, 4) is 0 Å². The quantitative estimate of drug-likeness (QED) is 0.428. The highest BCUT2D eigenvalue weighted by atomic mass is 16.6. The van der Waals surface area contributed by atoms with Crippen LogP contribution in [0.2, 0.25) is 0 Å². The van der Waals surface area contributed by atoms with Gasteiger partial charge in [-0.1, -0.05) is 0 Å². The van der Waals surface area contributed by atoms with Crippen molar-refractivity contribution >= 4 is 17.3 Å². The van der Waals surface area contributed by atoms with Crippen molar-refractivity contribution in [3.05, 3.63) is 33.9 Å². The first kappa shape index (κ1) is 13.9. The Kier molecular flexibility index (Phi) is 3.87. The Morgan fingerprint density at radius 2 is 2.00 bits per heavy atom. The molecule has 0 saturated heterocycles. The Hall–Kier alpha value is -2.15. The smallest absolute Gasteiger partial charge is 0.282 e. The van der Waals surface area contributed by atoms with E-state index in [1.54, 1.807) is 20.8 Å². The van der Waals surface area contributed by atoms with Crippen LogP contribution in [0.25, 0.3) is 0 Å². The van der Waals surface area contributed by atoms with Gasteiger partial charge in [0.2, 0.25) is 0 Å². The first-order valence-corrected chi connectivity index (χ1v) is 5.32. The first-order valence-electron chi connectivity index (χ1n) is 5.32. The molecular weight excluding hydrogens is 236 g/mol. The molecule has 98 valence electrons. The maximum absolute atomic E-state index is 12.0. The Morgan fingerprint density at radius 3 is 2.44 bits per heavy atom. The molecule has 0 aromatic heterocycles. The summed E-state index contributed by atoms with van der Waals surface area (Å²) in [4.78, 5) is 22.2. The monoisotopic (exact) mass is 252 g/mol. The topological polar surface area (TPSA) is 110 Å². The third kappa shape index (κ3) is 3.42. The van der Waals surface area contributed by atoms with E-state index in [0.717, 1.165) is 0 Å². The van der Waals surface area contributed by atoms with E-state index in [2.05, 4.69) is 10.7 Å². The first-order chi connectivity index (χ1) is 8.24. The molecule has 4 N–H and O–H groups in total. The second kappa shape index (κ2) is 5.01. The second-order valence-corrected chi connectivity index (χ2v) is 4.84. The van der Waals surface area contributed by atoms with E-state index in [9.17, 15) is 14.9 Å². The van der Waals surface area contributed by atoms with Gasteiger partial charge in [0.15, 0.2) is 0 Å².